The van der Waals surface area contributed by atoms with E-state index in [1.807, 2.05) is 6.92 Å². The van der Waals surface area contributed by atoms with Gasteiger partial charge in [-0.1, -0.05) is 34.1 Å². The van der Waals surface area contributed by atoms with Gasteiger partial charge in [0, 0.05) is 12.8 Å². The van der Waals surface area contributed by atoms with Gasteiger partial charge in [-0.25, -0.2) is 8.78 Å². The SMILES string of the molecule is CCC(CC(C)C)CC(F)(F)CC. The van der Waals surface area contributed by atoms with E-state index in [1.54, 1.807) is 6.92 Å². The molecule has 0 radical (unpaired) electrons. The number of halogens is 2. The van der Waals surface area contributed by atoms with Gasteiger partial charge in [0.05, 0.1) is 0 Å². The lowest BCUT2D eigenvalue weighted by Crippen LogP contribution is -2.20. The van der Waals surface area contributed by atoms with Crippen LogP contribution in [0.3, 0.4) is 0 Å². The lowest BCUT2D eigenvalue weighted by atomic mass is 9.89. The normalized spacial score (nSPS) is 15.0. The van der Waals surface area contributed by atoms with Crippen LogP contribution in [0.2, 0.25) is 0 Å². The third-order valence-electron chi connectivity index (χ3n) is 2.49. The van der Waals surface area contributed by atoms with Crippen molar-refractivity contribution < 1.29 is 8.78 Å². The molecule has 2 heteroatoms. The lowest BCUT2D eigenvalue weighted by molar-refractivity contribution is -0.0292. The van der Waals surface area contributed by atoms with Crippen molar-refractivity contribution in [3.63, 3.8) is 0 Å². The zero-order valence-corrected chi connectivity index (χ0v) is 9.24. The number of hydrogen-bond donors (Lipinski definition) is 0. The van der Waals surface area contributed by atoms with Crippen LogP contribution in [0.25, 0.3) is 0 Å². The van der Waals surface area contributed by atoms with Crippen LogP contribution in [0.4, 0.5) is 8.78 Å². The fourth-order valence-corrected chi connectivity index (χ4v) is 1.63. The van der Waals surface area contributed by atoms with E-state index >= 15 is 0 Å². The Bertz CT molecular complexity index is 130. The molecular formula is C11H22F2. The molecule has 0 rings (SSSR count). The van der Waals surface area contributed by atoms with Crippen molar-refractivity contribution in [2.45, 2.75) is 59.3 Å². The molecule has 13 heavy (non-hydrogen) atoms. The third-order valence-corrected chi connectivity index (χ3v) is 2.49. The highest BCUT2D eigenvalue weighted by Gasteiger charge is 2.29. The average molecular weight is 192 g/mol. The van der Waals surface area contributed by atoms with Crippen molar-refractivity contribution in [3.8, 4) is 0 Å². The Hall–Kier alpha value is -0.140. The highest BCUT2D eigenvalue weighted by molar-refractivity contribution is 4.70. The van der Waals surface area contributed by atoms with Crippen molar-refractivity contribution in [1.29, 1.82) is 0 Å². The van der Waals surface area contributed by atoms with Crippen LogP contribution in [-0.4, -0.2) is 5.92 Å². The summed E-state index contributed by atoms with van der Waals surface area (Å²) in [5.74, 6) is -1.73. The molecule has 0 aromatic carbocycles. The van der Waals surface area contributed by atoms with Gasteiger partial charge >= 0.3 is 0 Å². The Balaban J connectivity index is 3.97. The lowest BCUT2D eigenvalue weighted by Gasteiger charge is -2.22. The second-order valence-corrected chi connectivity index (χ2v) is 4.32. The van der Waals surface area contributed by atoms with Gasteiger partial charge in [0.1, 0.15) is 0 Å². The molecule has 0 aromatic rings. The molecule has 0 saturated carbocycles. The molecule has 0 spiro atoms. The first kappa shape index (κ1) is 12.9. The molecule has 1 unspecified atom stereocenters. The van der Waals surface area contributed by atoms with E-state index in [-0.39, 0.29) is 18.8 Å². The Morgan fingerprint density at radius 3 is 2.00 bits per heavy atom. The van der Waals surface area contributed by atoms with Gasteiger partial charge in [-0.2, -0.15) is 0 Å². The van der Waals surface area contributed by atoms with Crippen LogP contribution < -0.4 is 0 Å². The van der Waals surface area contributed by atoms with Crippen molar-refractivity contribution in [3.05, 3.63) is 0 Å². The van der Waals surface area contributed by atoms with Crippen molar-refractivity contribution in [2.75, 3.05) is 0 Å². The van der Waals surface area contributed by atoms with E-state index in [0.29, 0.717) is 5.92 Å². The van der Waals surface area contributed by atoms with Crippen molar-refractivity contribution in [1.82, 2.24) is 0 Å². The van der Waals surface area contributed by atoms with E-state index in [0.717, 1.165) is 12.8 Å². The van der Waals surface area contributed by atoms with Crippen LogP contribution >= 0.6 is 0 Å². The molecule has 1 atom stereocenters. The Kier molecular flexibility index (Phi) is 5.50. The van der Waals surface area contributed by atoms with E-state index in [2.05, 4.69) is 13.8 Å². The molecule has 0 aliphatic heterocycles. The predicted molar refractivity (Wildman–Crippen MR) is 53.1 cm³/mol. The number of rotatable bonds is 6. The molecule has 0 saturated heterocycles. The minimum atomic E-state index is -2.45. The van der Waals surface area contributed by atoms with Crippen LogP contribution in [0, 0.1) is 11.8 Å². The number of alkyl halides is 2. The Morgan fingerprint density at radius 2 is 1.69 bits per heavy atom. The molecule has 0 N–H and O–H groups in total. The molecule has 0 amide bonds. The van der Waals surface area contributed by atoms with Gasteiger partial charge in [0.2, 0.25) is 5.92 Å². The zero-order chi connectivity index (χ0) is 10.5. The van der Waals surface area contributed by atoms with Crippen molar-refractivity contribution in [2.24, 2.45) is 11.8 Å². The molecule has 0 bridgehead atoms. The molecular weight excluding hydrogens is 170 g/mol. The number of hydrogen-bond acceptors (Lipinski definition) is 0. The molecule has 0 aliphatic carbocycles. The zero-order valence-electron chi connectivity index (χ0n) is 9.24. The molecule has 0 nitrogen and oxygen atoms in total. The third kappa shape index (κ3) is 6.00. The van der Waals surface area contributed by atoms with E-state index in [1.165, 1.54) is 0 Å². The summed E-state index contributed by atoms with van der Waals surface area (Å²) in [5, 5.41) is 0. The first-order chi connectivity index (χ1) is 5.91. The summed E-state index contributed by atoms with van der Waals surface area (Å²) in [6.07, 6.45) is 1.83. The summed E-state index contributed by atoms with van der Waals surface area (Å²) in [6, 6.07) is 0. The first-order valence-corrected chi connectivity index (χ1v) is 5.29. The Labute approximate surface area is 80.7 Å². The maximum absolute atomic E-state index is 13.0. The van der Waals surface area contributed by atoms with E-state index < -0.39 is 5.92 Å². The highest BCUT2D eigenvalue weighted by Crippen LogP contribution is 2.31. The van der Waals surface area contributed by atoms with Gasteiger partial charge in [-0.3, -0.25) is 0 Å². The predicted octanol–water partition coefficient (Wildman–Crippen LogP) is 4.49. The molecule has 0 aliphatic rings. The van der Waals surface area contributed by atoms with Gasteiger partial charge < -0.3 is 0 Å². The summed E-state index contributed by atoms with van der Waals surface area (Å²) < 4.78 is 26.1. The standard InChI is InChI=1S/C11H22F2/c1-5-10(7-9(3)4)8-11(12,13)6-2/h9-10H,5-8H2,1-4H3. The molecule has 0 heterocycles. The first-order valence-electron chi connectivity index (χ1n) is 5.29. The maximum Gasteiger partial charge on any atom is 0.248 e. The molecule has 0 aromatic heterocycles. The molecule has 80 valence electrons. The van der Waals surface area contributed by atoms with Crippen LogP contribution in [-0.2, 0) is 0 Å². The monoisotopic (exact) mass is 192 g/mol. The summed E-state index contributed by atoms with van der Waals surface area (Å²) in [5.41, 5.74) is 0. The smallest absolute Gasteiger partial charge is 0.207 e. The van der Waals surface area contributed by atoms with Gasteiger partial charge in [-0.15, -0.1) is 0 Å². The largest absolute Gasteiger partial charge is 0.248 e. The van der Waals surface area contributed by atoms with E-state index in [9.17, 15) is 8.78 Å². The average Bonchev–Trinajstić information content (AvgIpc) is 2.02. The second kappa shape index (κ2) is 5.56. The second-order valence-electron chi connectivity index (χ2n) is 4.32. The fraction of sp³-hybridized carbons (Fsp3) is 1.00. The van der Waals surface area contributed by atoms with Gasteiger partial charge in [0.15, 0.2) is 0 Å². The summed E-state index contributed by atoms with van der Waals surface area (Å²) >= 11 is 0. The minimum Gasteiger partial charge on any atom is -0.207 e. The summed E-state index contributed by atoms with van der Waals surface area (Å²) in [7, 11) is 0. The van der Waals surface area contributed by atoms with Gasteiger partial charge in [0.25, 0.3) is 0 Å². The van der Waals surface area contributed by atoms with Crippen molar-refractivity contribution >= 4 is 0 Å². The highest BCUT2D eigenvalue weighted by atomic mass is 19.3. The quantitative estimate of drug-likeness (QED) is 0.581. The summed E-state index contributed by atoms with van der Waals surface area (Å²) in [6.45, 7) is 7.74. The minimum absolute atomic E-state index is 0.0262. The fourth-order valence-electron chi connectivity index (χ4n) is 1.63. The topological polar surface area (TPSA) is 0 Å². The van der Waals surface area contributed by atoms with Crippen LogP contribution in [0.15, 0.2) is 0 Å². The van der Waals surface area contributed by atoms with Crippen LogP contribution in [0.5, 0.6) is 0 Å². The Morgan fingerprint density at radius 1 is 1.15 bits per heavy atom. The summed E-state index contributed by atoms with van der Waals surface area (Å²) in [4.78, 5) is 0. The van der Waals surface area contributed by atoms with Gasteiger partial charge in [-0.05, 0) is 18.3 Å². The maximum atomic E-state index is 13.0. The van der Waals surface area contributed by atoms with Crippen LogP contribution in [0.1, 0.15) is 53.4 Å². The van der Waals surface area contributed by atoms with E-state index in [4.69, 9.17) is 0 Å². The molecule has 0 fully saturated rings.